The van der Waals surface area contributed by atoms with Gasteiger partial charge in [-0.25, -0.2) is 13.4 Å². The fourth-order valence-corrected chi connectivity index (χ4v) is 2.46. The lowest BCUT2D eigenvalue weighted by Crippen LogP contribution is -2.01. The van der Waals surface area contributed by atoms with Gasteiger partial charge in [0.15, 0.2) is 15.7 Å². The Morgan fingerprint density at radius 3 is 2.55 bits per heavy atom. The van der Waals surface area contributed by atoms with E-state index in [0.29, 0.717) is 17.9 Å². The summed E-state index contributed by atoms with van der Waals surface area (Å²) < 4.78 is 22.7. The van der Waals surface area contributed by atoms with Crippen molar-refractivity contribution >= 4 is 9.84 Å². The number of aromatic nitrogens is 3. The number of benzene rings is 1. The quantitative estimate of drug-likeness (QED) is 0.816. The van der Waals surface area contributed by atoms with Crippen LogP contribution < -0.4 is 5.73 Å². The maximum Gasteiger partial charge on any atom is 0.175 e. The minimum Gasteiger partial charge on any atom is -0.330 e. The van der Waals surface area contributed by atoms with Crippen LogP contribution in [-0.2, 0) is 22.7 Å². The van der Waals surface area contributed by atoms with Gasteiger partial charge in [-0.2, -0.15) is 5.10 Å². The maximum atomic E-state index is 11.4. The number of sulfone groups is 1. The van der Waals surface area contributed by atoms with Gasteiger partial charge in [-0.1, -0.05) is 12.1 Å². The monoisotopic (exact) mass is 294 g/mol. The first-order chi connectivity index (χ1) is 9.49. The Labute approximate surface area is 118 Å². The van der Waals surface area contributed by atoms with Gasteiger partial charge in [0.1, 0.15) is 5.82 Å². The minimum atomic E-state index is -3.15. The number of H-pyrrole nitrogens is 1. The Morgan fingerprint density at radius 1 is 1.25 bits per heavy atom. The molecule has 0 atom stereocenters. The molecule has 0 aliphatic rings. The molecule has 0 radical (unpaired) electrons. The Bertz CT molecular complexity index is 662. The van der Waals surface area contributed by atoms with E-state index in [2.05, 4.69) is 15.2 Å². The summed E-state index contributed by atoms with van der Waals surface area (Å²) in [6.45, 7) is 0.622. The maximum absolute atomic E-state index is 11.4. The number of rotatable bonds is 6. The van der Waals surface area contributed by atoms with E-state index in [1.807, 2.05) is 0 Å². The number of nitrogens with two attached hydrogens (primary N) is 1. The average molecular weight is 294 g/mol. The molecule has 0 aliphatic heterocycles. The number of aryl methyl sites for hydroxylation is 1. The molecule has 1 aromatic carbocycles. The predicted octanol–water partition coefficient (Wildman–Crippen LogP) is 0.690. The van der Waals surface area contributed by atoms with Crippen molar-refractivity contribution in [2.24, 2.45) is 5.73 Å². The first-order valence-corrected chi connectivity index (χ1v) is 8.27. The first-order valence-electron chi connectivity index (χ1n) is 6.38. The highest BCUT2D eigenvalue weighted by molar-refractivity contribution is 7.90. The molecule has 2 rings (SSSR count). The van der Waals surface area contributed by atoms with E-state index in [9.17, 15) is 8.42 Å². The molecule has 0 aliphatic carbocycles. The van der Waals surface area contributed by atoms with Crippen molar-refractivity contribution in [3.8, 4) is 0 Å². The molecule has 6 nitrogen and oxygen atoms in total. The van der Waals surface area contributed by atoms with Crippen LogP contribution >= 0.6 is 0 Å². The number of hydrogen-bond donors (Lipinski definition) is 2. The molecule has 0 unspecified atom stereocenters. The van der Waals surface area contributed by atoms with Gasteiger partial charge in [0.05, 0.1) is 4.90 Å². The molecular weight excluding hydrogens is 276 g/mol. The second kappa shape index (κ2) is 6.15. The first kappa shape index (κ1) is 14.7. The molecule has 7 heteroatoms. The minimum absolute atomic E-state index is 0.322. The van der Waals surface area contributed by atoms with E-state index in [1.54, 1.807) is 24.3 Å². The molecule has 20 heavy (non-hydrogen) atoms. The molecule has 0 saturated carbocycles. The Morgan fingerprint density at radius 2 is 1.95 bits per heavy atom. The van der Waals surface area contributed by atoms with Crippen LogP contribution in [0, 0.1) is 0 Å². The van der Waals surface area contributed by atoms with Crippen LogP contribution in [0.1, 0.15) is 23.6 Å². The van der Waals surface area contributed by atoms with Crippen LogP contribution in [0.4, 0.5) is 0 Å². The topological polar surface area (TPSA) is 102 Å². The molecular formula is C13H18N4O2S. The van der Waals surface area contributed by atoms with Crippen molar-refractivity contribution in [3.05, 3.63) is 41.5 Å². The zero-order valence-electron chi connectivity index (χ0n) is 11.3. The van der Waals surface area contributed by atoms with Crippen molar-refractivity contribution in [2.45, 2.75) is 24.2 Å². The van der Waals surface area contributed by atoms with Gasteiger partial charge in [-0.05, 0) is 30.7 Å². The third-order valence-corrected chi connectivity index (χ3v) is 4.03. The van der Waals surface area contributed by atoms with Gasteiger partial charge in [-0.3, -0.25) is 5.10 Å². The summed E-state index contributed by atoms with van der Waals surface area (Å²) in [4.78, 5) is 4.70. The Kier molecular flexibility index (Phi) is 4.51. The summed E-state index contributed by atoms with van der Waals surface area (Å²) in [5.74, 6) is 1.53. The zero-order valence-corrected chi connectivity index (χ0v) is 12.2. The van der Waals surface area contributed by atoms with Crippen molar-refractivity contribution in [3.63, 3.8) is 0 Å². The summed E-state index contributed by atoms with van der Waals surface area (Å²) in [6, 6.07) is 6.80. The van der Waals surface area contributed by atoms with Crippen molar-refractivity contribution in [1.82, 2.24) is 15.2 Å². The van der Waals surface area contributed by atoms with Crippen LogP contribution in [0.25, 0.3) is 0 Å². The summed E-state index contributed by atoms with van der Waals surface area (Å²) in [5.41, 5.74) is 6.43. The fraction of sp³-hybridized carbons (Fsp3) is 0.385. The number of nitrogens with one attached hydrogen (secondary N) is 1. The normalized spacial score (nSPS) is 11.7. The van der Waals surface area contributed by atoms with Gasteiger partial charge in [0, 0.05) is 19.1 Å². The van der Waals surface area contributed by atoms with Crippen LogP contribution in [0.2, 0.25) is 0 Å². The Hall–Kier alpha value is -1.73. The number of nitrogens with zero attached hydrogens (tertiary/aromatic N) is 2. The van der Waals surface area contributed by atoms with E-state index in [-0.39, 0.29) is 0 Å². The second-order valence-corrected chi connectivity index (χ2v) is 6.70. The molecule has 3 N–H and O–H groups in total. The van der Waals surface area contributed by atoms with Crippen LogP contribution in [-0.4, -0.2) is 36.4 Å². The fourth-order valence-electron chi connectivity index (χ4n) is 1.83. The van der Waals surface area contributed by atoms with Gasteiger partial charge < -0.3 is 5.73 Å². The number of hydrogen-bond acceptors (Lipinski definition) is 5. The van der Waals surface area contributed by atoms with Crippen molar-refractivity contribution in [1.29, 1.82) is 0 Å². The van der Waals surface area contributed by atoms with Crippen LogP contribution in [0.15, 0.2) is 29.2 Å². The molecule has 0 spiro atoms. The highest BCUT2D eigenvalue weighted by Crippen LogP contribution is 2.12. The molecule has 1 aromatic heterocycles. The number of aromatic amines is 1. The van der Waals surface area contributed by atoms with Crippen LogP contribution in [0.3, 0.4) is 0 Å². The van der Waals surface area contributed by atoms with Gasteiger partial charge >= 0.3 is 0 Å². The lowest BCUT2D eigenvalue weighted by Gasteiger charge is -2.01. The van der Waals surface area contributed by atoms with Gasteiger partial charge in [0.2, 0.25) is 0 Å². The lowest BCUT2D eigenvalue weighted by molar-refractivity contribution is 0.602. The molecule has 1 heterocycles. The molecule has 2 aromatic rings. The average Bonchev–Trinajstić information content (AvgIpc) is 2.83. The third-order valence-electron chi connectivity index (χ3n) is 2.91. The largest absolute Gasteiger partial charge is 0.330 e. The molecule has 0 bridgehead atoms. The third kappa shape index (κ3) is 3.88. The summed E-state index contributed by atoms with van der Waals surface area (Å²) in [6.07, 6.45) is 3.42. The molecule has 0 saturated heterocycles. The van der Waals surface area contributed by atoms with E-state index < -0.39 is 9.84 Å². The molecule has 0 amide bonds. The summed E-state index contributed by atoms with van der Waals surface area (Å²) >= 11 is 0. The molecule has 0 fully saturated rings. The van der Waals surface area contributed by atoms with E-state index in [0.717, 1.165) is 30.1 Å². The SMILES string of the molecule is CS(=O)(=O)c1ccc(Cc2nc(CCCN)n[nH]2)cc1. The zero-order chi connectivity index (χ0) is 14.6. The van der Waals surface area contributed by atoms with Crippen molar-refractivity contribution in [2.75, 3.05) is 12.8 Å². The van der Waals surface area contributed by atoms with Gasteiger partial charge in [-0.15, -0.1) is 0 Å². The smallest absolute Gasteiger partial charge is 0.175 e. The standard InChI is InChI=1S/C13H18N4O2S/c1-20(18,19)11-6-4-10(5-7-11)9-13-15-12(16-17-13)3-2-8-14/h4-7H,2-3,8-9,14H2,1H3,(H,15,16,17). The van der Waals surface area contributed by atoms with E-state index >= 15 is 0 Å². The van der Waals surface area contributed by atoms with E-state index in [1.165, 1.54) is 6.26 Å². The van der Waals surface area contributed by atoms with Gasteiger partial charge in [0.25, 0.3) is 0 Å². The predicted molar refractivity (Wildman–Crippen MR) is 76.1 cm³/mol. The highest BCUT2D eigenvalue weighted by Gasteiger charge is 2.08. The summed E-state index contributed by atoms with van der Waals surface area (Å²) in [7, 11) is -3.15. The lowest BCUT2D eigenvalue weighted by atomic mass is 10.1. The van der Waals surface area contributed by atoms with Crippen LogP contribution in [0.5, 0.6) is 0 Å². The Balaban J connectivity index is 2.05. The second-order valence-electron chi connectivity index (χ2n) is 4.68. The van der Waals surface area contributed by atoms with Crippen molar-refractivity contribution < 1.29 is 8.42 Å². The molecule has 108 valence electrons. The summed E-state index contributed by atoms with van der Waals surface area (Å²) in [5, 5.41) is 7.01. The highest BCUT2D eigenvalue weighted by atomic mass is 32.2. The van der Waals surface area contributed by atoms with E-state index in [4.69, 9.17) is 5.73 Å².